The number of nitrogens with one attached hydrogen (secondary N) is 1. The van der Waals surface area contributed by atoms with E-state index in [-0.39, 0.29) is 24.8 Å². The van der Waals surface area contributed by atoms with Crippen LogP contribution in [0, 0.1) is 0 Å². The summed E-state index contributed by atoms with van der Waals surface area (Å²) < 4.78 is 5.19. The van der Waals surface area contributed by atoms with Gasteiger partial charge in [-0.05, 0) is 46.5 Å². The summed E-state index contributed by atoms with van der Waals surface area (Å²) in [5.41, 5.74) is 17.5. The molecular weight excluding hydrogens is 334 g/mol. The quantitative estimate of drug-likeness (QED) is 0.276. The van der Waals surface area contributed by atoms with Crippen molar-refractivity contribution in [2.45, 2.75) is 70.6 Å². The van der Waals surface area contributed by atoms with Crippen molar-refractivity contribution in [2.24, 2.45) is 17.2 Å². The molecule has 0 heterocycles. The molecule has 0 aromatic carbocycles. The zero-order valence-corrected chi connectivity index (χ0v) is 16.9. The first-order valence-electron chi connectivity index (χ1n) is 9.69. The summed E-state index contributed by atoms with van der Waals surface area (Å²) >= 11 is 0. The summed E-state index contributed by atoms with van der Waals surface area (Å²) in [4.78, 5) is 13.7. The Morgan fingerprint density at radius 3 is 2.19 bits per heavy atom. The monoisotopic (exact) mass is 375 g/mol. The molecule has 0 saturated heterocycles. The van der Waals surface area contributed by atoms with Gasteiger partial charge in [0, 0.05) is 51.4 Å². The van der Waals surface area contributed by atoms with Crippen molar-refractivity contribution in [1.29, 1.82) is 0 Å². The van der Waals surface area contributed by atoms with Crippen molar-refractivity contribution >= 4 is 6.09 Å². The third-order valence-electron chi connectivity index (χ3n) is 3.83. The third kappa shape index (κ3) is 15.3. The Balaban J connectivity index is 3.95. The highest BCUT2D eigenvalue weighted by molar-refractivity contribution is 5.67. The minimum atomic E-state index is -0.475. The Kier molecular flexibility index (Phi) is 13.7. The Morgan fingerprint density at radius 2 is 1.69 bits per heavy atom. The lowest BCUT2D eigenvalue weighted by molar-refractivity contribution is 0.0527. The van der Waals surface area contributed by atoms with Crippen LogP contribution >= 0.6 is 0 Å². The average molecular weight is 376 g/mol. The highest BCUT2D eigenvalue weighted by Gasteiger charge is 2.16. The summed E-state index contributed by atoms with van der Waals surface area (Å²) in [6.07, 6.45) is 3.80. The smallest absolute Gasteiger partial charge is 0.407 e. The largest absolute Gasteiger partial charge is 0.444 e. The number of rotatable bonds is 14. The lowest BCUT2D eigenvalue weighted by Gasteiger charge is -2.28. The first-order chi connectivity index (χ1) is 12.2. The average Bonchev–Trinajstić information content (AvgIpc) is 2.51. The second kappa shape index (κ2) is 14.2. The molecule has 1 amide bonds. The molecule has 2 atom stereocenters. The van der Waals surface area contributed by atoms with Gasteiger partial charge in [-0.25, -0.2) is 4.79 Å². The topological polar surface area (TPSA) is 140 Å². The van der Waals surface area contributed by atoms with Gasteiger partial charge in [-0.2, -0.15) is 0 Å². The van der Waals surface area contributed by atoms with Gasteiger partial charge < -0.3 is 32.4 Å². The lowest BCUT2D eigenvalue weighted by atomic mass is 10.1. The number of aliphatic hydroxyl groups excluding tert-OH is 1. The molecule has 26 heavy (non-hydrogen) atoms. The van der Waals surface area contributed by atoms with Crippen LogP contribution in [0.2, 0.25) is 0 Å². The van der Waals surface area contributed by atoms with E-state index in [1.165, 1.54) is 0 Å². The highest BCUT2D eigenvalue weighted by atomic mass is 16.6. The maximum atomic E-state index is 11.5. The number of unbranched alkanes of at least 4 members (excludes halogenated alkanes) is 1. The fourth-order valence-corrected chi connectivity index (χ4v) is 2.68. The van der Waals surface area contributed by atoms with Crippen LogP contribution in [-0.2, 0) is 4.74 Å². The molecule has 0 radical (unpaired) electrons. The predicted octanol–water partition coefficient (Wildman–Crippen LogP) is 0.369. The number of carbonyl (C=O) groups is 1. The molecule has 0 bridgehead atoms. The number of amides is 1. The van der Waals surface area contributed by atoms with Crippen LogP contribution < -0.4 is 22.5 Å². The van der Waals surface area contributed by atoms with Crippen molar-refractivity contribution in [3.8, 4) is 0 Å². The summed E-state index contributed by atoms with van der Waals surface area (Å²) in [6, 6.07) is 0.0760. The Bertz CT molecular complexity index is 363. The Labute approximate surface area is 158 Å². The third-order valence-corrected chi connectivity index (χ3v) is 3.83. The van der Waals surface area contributed by atoms with Crippen molar-refractivity contribution in [2.75, 3.05) is 39.3 Å². The maximum absolute atomic E-state index is 11.5. The highest BCUT2D eigenvalue weighted by Crippen LogP contribution is 2.07. The molecule has 8 heteroatoms. The van der Waals surface area contributed by atoms with E-state index >= 15 is 0 Å². The first kappa shape index (κ1) is 25.1. The molecule has 0 aromatic rings. The van der Waals surface area contributed by atoms with Crippen LogP contribution in [0.15, 0.2) is 0 Å². The van der Waals surface area contributed by atoms with E-state index in [2.05, 4.69) is 10.2 Å². The van der Waals surface area contributed by atoms with Gasteiger partial charge in [-0.3, -0.25) is 4.90 Å². The van der Waals surface area contributed by atoms with Gasteiger partial charge in [-0.15, -0.1) is 0 Å². The second-order valence-corrected chi connectivity index (χ2v) is 7.86. The van der Waals surface area contributed by atoms with Crippen molar-refractivity contribution in [3.05, 3.63) is 0 Å². The van der Waals surface area contributed by atoms with E-state index in [0.717, 1.165) is 45.3 Å². The number of hydrogen-bond acceptors (Lipinski definition) is 7. The molecule has 0 rings (SSSR count). The predicted molar refractivity (Wildman–Crippen MR) is 106 cm³/mol. The van der Waals surface area contributed by atoms with Crippen LogP contribution in [0.4, 0.5) is 4.79 Å². The van der Waals surface area contributed by atoms with Crippen molar-refractivity contribution in [1.82, 2.24) is 10.2 Å². The van der Waals surface area contributed by atoms with E-state index in [0.29, 0.717) is 19.5 Å². The first-order valence-corrected chi connectivity index (χ1v) is 9.69. The van der Waals surface area contributed by atoms with Crippen LogP contribution in [0.1, 0.15) is 52.9 Å². The van der Waals surface area contributed by atoms with Crippen molar-refractivity contribution < 1.29 is 14.6 Å². The van der Waals surface area contributed by atoms with Gasteiger partial charge in [0.05, 0.1) is 0 Å². The fourth-order valence-electron chi connectivity index (χ4n) is 2.68. The van der Waals surface area contributed by atoms with E-state index in [4.69, 9.17) is 27.0 Å². The summed E-state index contributed by atoms with van der Waals surface area (Å²) in [5.74, 6) is 0. The standard InChI is InChI=1S/C18H41N5O3/c1-18(2,3)26-17(25)22-10-5-4-7-15(20)13-23(11-9-19)14-16(21)8-6-12-24/h15-16,24H,4-14,19-21H2,1-3H3,(H,22,25). The number of alkyl carbamates (subject to hydrolysis) is 1. The number of ether oxygens (including phenoxy) is 1. The Morgan fingerprint density at radius 1 is 1.12 bits per heavy atom. The molecule has 0 aliphatic rings. The molecule has 0 aromatic heterocycles. The van der Waals surface area contributed by atoms with E-state index in [9.17, 15) is 4.79 Å². The lowest BCUT2D eigenvalue weighted by Crippen LogP contribution is -2.45. The molecule has 0 aliphatic heterocycles. The van der Waals surface area contributed by atoms with E-state index in [1.807, 2.05) is 20.8 Å². The summed E-state index contributed by atoms with van der Waals surface area (Å²) in [7, 11) is 0. The molecule has 0 aliphatic carbocycles. The van der Waals surface area contributed by atoms with Crippen LogP contribution in [0.5, 0.6) is 0 Å². The van der Waals surface area contributed by atoms with Crippen molar-refractivity contribution in [3.63, 3.8) is 0 Å². The second-order valence-electron chi connectivity index (χ2n) is 7.86. The van der Waals surface area contributed by atoms with Gasteiger partial charge in [0.2, 0.25) is 0 Å². The van der Waals surface area contributed by atoms with E-state index < -0.39 is 5.60 Å². The van der Waals surface area contributed by atoms with E-state index in [1.54, 1.807) is 0 Å². The van der Waals surface area contributed by atoms with Gasteiger partial charge in [0.1, 0.15) is 5.60 Å². The molecule has 8 N–H and O–H groups in total. The molecule has 8 nitrogen and oxygen atoms in total. The molecule has 0 saturated carbocycles. The summed E-state index contributed by atoms with van der Waals surface area (Å²) in [6.45, 7) is 9.10. The van der Waals surface area contributed by atoms with Crippen LogP contribution in [0.3, 0.4) is 0 Å². The number of nitrogens with two attached hydrogens (primary N) is 3. The SMILES string of the molecule is CC(C)(C)OC(=O)NCCCCC(N)CN(CCN)CC(N)CCCO. The normalized spacial score (nSPS) is 14.3. The minimum Gasteiger partial charge on any atom is -0.444 e. The number of carbonyl (C=O) groups excluding carboxylic acids is 1. The van der Waals surface area contributed by atoms with Gasteiger partial charge in [0.25, 0.3) is 0 Å². The van der Waals surface area contributed by atoms with Gasteiger partial charge >= 0.3 is 6.09 Å². The number of aliphatic hydroxyl groups is 1. The van der Waals surface area contributed by atoms with Crippen LogP contribution in [-0.4, -0.2) is 73.1 Å². The van der Waals surface area contributed by atoms with Gasteiger partial charge in [-0.1, -0.05) is 6.42 Å². The molecular formula is C18H41N5O3. The molecule has 2 unspecified atom stereocenters. The van der Waals surface area contributed by atoms with Crippen LogP contribution in [0.25, 0.3) is 0 Å². The zero-order valence-electron chi connectivity index (χ0n) is 16.9. The summed E-state index contributed by atoms with van der Waals surface area (Å²) in [5, 5.41) is 11.6. The number of nitrogens with zero attached hydrogens (tertiary/aromatic N) is 1. The molecule has 0 spiro atoms. The molecule has 156 valence electrons. The minimum absolute atomic E-state index is 0.0268. The number of hydrogen-bond donors (Lipinski definition) is 5. The Hall–Kier alpha value is -0.930. The van der Waals surface area contributed by atoms with Gasteiger partial charge in [0.15, 0.2) is 0 Å². The molecule has 0 fully saturated rings. The fraction of sp³-hybridized carbons (Fsp3) is 0.944. The zero-order chi connectivity index (χ0) is 20.0. The maximum Gasteiger partial charge on any atom is 0.407 e.